The summed E-state index contributed by atoms with van der Waals surface area (Å²) in [6, 6.07) is 8.95. The molecule has 30 heavy (non-hydrogen) atoms. The molecule has 0 fully saturated rings. The van der Waals surface area contributed by atoms with Crippen molar-refractivity contribution in [2.24, 2.45) is 17.8 Å². The molecule has 0 spiro atoms. The van der Waals surface area contributed by atoms with Crippen LogP contribution in [0.15, 0.2) is 42.5 Å². The lowest BCUT2D eigenvalue weighted by Crippen LogP contribution is -2.28. The SMILES string of the molecule is C=C(C)C(CCC(C)CCC(C(=O)OCC)C(=O)OCC)C(=O)Oc1ccccc1. The fraction of sp³-hybridized carbons (Fsp3) is 0.542. The summed E-state index contributed by atoms with van der Waals surface area (Å²) in [7, 11) is 0. The van der Waals surface area contributed by atoms with Crippen LogP contribution in [0.5, 0.6) is 5.75 Å². The van der Waals surface area contributed by atoms with Crippen molar-refractivity contribution in [1.82, 2.24) is 0 Å². The van der Waals surface area contributed by atoms with E-state index < -0.39 is 23.8 Å². The monoisotopic (exact) mass is 418 g/mol. The predicted molar refractivity (Wildman–Crippen MR) is 115 cm³/mol. The van der Waals surface area contributed by atoms with Crippen molar-refractivity contribution in [1.29, 1.82) is 0 Å². The lowest BCUT2D eigenvalue weighted by atomic mass is 9.88. The highest BCUT2D eigenvalue weighted by Gasteiger charge is 2.30. The predicted octanol–water partition coefficient (Wildman–Crippen LogP) is 4.72. The molecule has 0 aliphatic carbocycles. The van der Waals surface area contributed by atoms with Gasteiger partial charge in [0.05, 0.1) is 19.1 Å². The van der Waals surface area contributed by atoms with E-state index in [1.54, 1.807) is 26.0 Å². The summed E-state index contributed by atoms with van der Waals surface area (Å²) in [6.07, 6.45) is 2.31. The van der Waals surface area contributed by atoms with Gasteiger partial charge in [-0.2, -0.15) is 0 Å². The van der Waals surface area contributed by atoms with Crippen LogP contribution < -0.4 is 4.74 Å². The smallest absolute Gasteiger partial charge is 0.320 e. The third-order valence-corrected chi connectivity index (χ3v) is 4.88. The zero-order valence-electron chi connectivity index (χ0n) is 18.5. The molecule has 0 aliphatic rings. The first kappa shape index (κ1) is 25.4. The van der Waals surface area contributed by atoms with Crippen molar-refractivity contribution in [3.8, 4) is 5.75 Å². The molecule has 2 unspecified atom stereocenters. The molecule has 0 saturated heterocycles. The van der Waals surface area contributed by atoms with Crippen LogP contribution in [-0.2, 0) is 23.9 Å². The molecule has 6 heteroatoms. The van der Waals surface area contributed by atoms with Crippen molar-refractivity contribution in [2.45, 2.75) is 53.4 Å². The van der Waals surface area contributed by atoms with E-state index in [4.69, 9.17) is 14.2 Å². The van der Waals surface area contributed by atoms with Gasteiger partial charge < -0.3 is 14.2 Å². The Morgan fingerprint density at radius 3 is 1.80 bits per heavy atom. The van der Waals surface area contributed by atoms with Crippen molar-refractivity contribution in [3.05, 3.63) is 42.5 Å². The number of esters is 3. The van der Waals surface area contributed by atoms with Gasteiger partial charge in [-0.1, -0.05) is 37.3 Å². The summed E-state index contributed by atoms with van der Waals surface area (Å²) in [4.78, 5) is 36.7. The molecule has 0 N–H and O–H groups in total. The van der Waals surface area contributed by atoms with E-state index in [-0.39, 0.29) is 25.1 Å². The van der Waals surface area contributed by atoms with Gasteiger partial charge in [0.25, 0.3) is 0 Å². The van der Waals surface area contributed by atoms with Gasteiger partial charge in [-0.05, 0) is 64.5 Å². The van der Waals surface area contributed by atoms with Crippen molar-refractivity contribution in [3.63, 3.8) is 0 Å². The minimum Gasteiger partial charge on any atom is -0.465 e. The molecule has 6 nitrogen and oxygen atoms in total. The number of benzene rings is 1. The van der Waals surface area contributed by atoms with Crippen molar-refractivity contribution < 1.29 is 28.6 Å². The van der Waals surface area contributed by atoms with Gasteiger partial charge in [-0.15, -0.1) is 0 Å². The summed E-state index contributed by atoms with van der Waals surface area (Å²) in [5.41, 5.74) is 0.749. The first-order valence-electron chi connectivity index (χ1n) is 10.5. The molecule has 2 atom stereocenters. The van der Waals surface area contributed by atoms with E-state index in [2.05, 4.69) is 6.58 Å². The van der Waals surface area contributed by atoms with Crippen LogP contribution >= 0.6 is 0 Å². The summed E-state index contributed by atoms with van der Waals surface area (Å²) in [5.74, 6) is -2.03. The van der Waals surface area contributed by atoms with Crippen molar-refractivity contribution >= 4 is 17.9 Å². The third-order valence-electron chi connectivity index (χ3n) is 4.88. The van der Waals surface area contributed by atoms with Gasteiger partial charge in [-0.3, -0.25) is 14.4 Å². The zero-order chi connectivity index (χ0) is 22.5. The van der Waals surface area contributed by atoms with Gasteiger partial charge >= 0.3 is 17.9 Å². The second-order valence-electron chi connectivity index (χ2n) is 7.45. The second kappa shape index (κ2) is 13.6. The maximum atomic E-state index is 12.5. The lowest BCUT2D eigenvalue weighted by Gasteiger charge is -2.20. The Morgan fingerprint density at radius 1 is 0.833 bits per heavy atom. The molecule has 0 amide bonds. The fourth-order valence-electron chi connectivity index (χ4n) is 3.11. The minimum atomic E-state index is -0.910. The Bertz CT molecular complexity index is 679. The average molecular weight is 419 g/mol. The van der Waals surface area contributed by atoms with Crippen molar-refractivity contribution in [2.75, 3.05) is 13.2 Å². The van der Waals surface area contributed by atoms with E-state index >= 15 is 0 Å². The number of hydrogen-bond acceptors (Lipinski definition) is 6. The number of rotatable bonds is 13. The number of carbonyl (C=O) groups is 3. The third kappa shape index (κ3) is 8.80. The number of carbonyl (C=O) groups excluding carboxylic acids is 3. The second-order valence-corrected chi connectivity index (χ2v) is 7.45. The minimum absolute atomic E-state index is 0.197. The molecule has 0 radical (unpaired) electrons. The maximum absolute atomic E-state index is 12.5. The Labute approximate surface area is 179 Å². The summed E-state index contributed by atoms with van der Waals surface area (Å²) in [5, 5.41) is 0. The summed E-state index contributed by atoms with van der Waals surface area (Å²) < 4.78 is 15.5. The van der Waals surface area contributed by atoms with Crippen LogP contribution in [0.1, 0.15) is 53.4 Å². The summed E-state index contributed by atoms with van der Waals surface area (Å²) >= 11 is 0. The largest absolute Gasteiger partial charge is 0.465 e. The highest BCUT2D eigenvalue weighted by Crippen LogP contribution is 2.25. The van der Waals surface area contributed by atoms with Crippen LogP contribution in [0, 0.1) is 17.8 Å². The van der Waals surface area contributed by atoms with E-state index in [1.165, 1.54) is 0 Å². The van der Waals surface area contributed by atoms with Crippen LogP contribution in [0.25, 0.3) is 0 Å². The molecular formula is C24H34O6. The molecule has 1 rings (SSSR count). The van der Waals surface area contributed by atoms with E-state index in [1.807, 2.05) is 32.0 Å². The topological polar surface area (TPSA) is 78.9 Å². The van der Waals surface area contributed by atoms with Crippen LogP contribution in [0.3, 0.4) is 0 Å². The van der Waals surface area contributed by atoms with Gasteiger partial charge in [0.1, 0.15) is 5.75 Å². The zero-order valence-corrected chi connectivity index (χ0v) is 18.5. The quantitative estimate of drug-likeness (QED) is 0.200. The van der Waals surface area contributed by atoms with Crippen LogP contribution in [0.4, 0.5) is 0 Å². The molecule has 0 saturated carbocycles. The molecule has 1 aromatic carbocycles. The first-order valence-corrected chi connectivity index (χ1v) is 10.5. The van der Waals surface area contributed by atoms with Gasteiger partial charge in [0, 0.05) is 0 Å². The highest BCUT2D eigenvalue weighted by molar-refractivity contribution is 5.94. The fourth-order valence-corrected chi connectivity index (χ4v) is 3.11. The number of para-hydroxylation sites is 1. The molecule has 1 aromatic rings. The Kier molecular flexibility index (Phi) is 11.5. The Hall–Kier alpha value is -2.63. The Morgan fingerprint density at radius 2 is 1.33 bits per heavy atom. The molecule has 0 heterocycles. The highest BCUT2D eigenvalue weighted by atomic mass is 16.6. The van der Waals surface area contributed by atoms with Gasteiger partial charge in [0.2, 0.25) is 0 Å². The molecule has 0 aromatic heterocycles. The first-order chi connectivity index (χ1) is 14.3. The molecular weight excluding hydrogens is 384 g/mol. The number of ether oxygens (including phenoxy) is 3. The molecule has 166 valence electrons. The van der Waals surface area contributed by atoms with Crippen LogP contribution in [0.2, 0.25) is 0 Å². The summed E-state index contributed by atoms with van der Waals surface area (Å²) in [6.45, 7) is 11.6. The average Bonchev–Trinajstić information content (AvgIpc) is 2.69. The molecule has 0 aliphatic heterocycles. The van der Waals surface area contributed by atoms with E-state index in [0.29, 0.717) is 25.0 Å². The molecule has 0 bridgehead atoms. The standard InChI is InChI=1S/C24H34O6/c1-6-28-22(25)21(23(26)29-7-2)16-14-18(5)13-15-20(17(3)4)24(27)30-19-11-9-8-10-12-19/h8-12,18,20-21H,3,6-7,13-16H2,1-2,4-5H3. The lowest BCUT2D eigenvalue weighted by molar-refractivity contribution is -0.162. The normalized spacial score (nSPS) is 12.7. The Balaban J connectivity index is 2.60. The van der Waals surface area contributed by atoms with Gasteiger partial charge in [-0.25, -0.2) is 0 Å². The van der Waals surface area contributed by atoms with Crippen LogP contribution in [-0.4, -0.2) is 31.1 Å². The van der Waals surface area contributed by atoms with Gasteiger partial charge in [0.15, 0.2) is 5.92 Å². The maximum Gasteiger partial charge on any atom is 0.320 e. The van der Waals surface area contributed by atoms with E-state index in [9.17, 15) is 14.4 Å². The number of hydrogen-bond donors (Lipinski definition) is 0. The van der Waals surface area contributed by atoms with E-state index in [0.717, 1.165) is 12.0 Å².